The fourth-order valence-corrected chi connectivity index (χ4v) is 3.54. The highest BCUT2D eigenvalue weighted by Crippen LogP contribution is 2.31. The number of hydrogen-bond donors (Lipinski definition) is 1. The van der Waals surface area contributed by atoms with Crippen molar-refractivity contribution in [2.75, 3.05) is 11.5 Å². The predicted molar refractivity (Wildman–Crippen MR) is 75.0 cm³/mol. The summed E-state index contributed by atoms with van der Waals surface area (Å²) in [5.74, 6) is 3.25. The number of aromatic nitrogens is 3. The van der Waals surface area contributed by atoms with Gasteiger partial charge in [-0.1, -0.05) is 11.2 Å². The van der Waals surface area contributed by atoms with E-state index in [1.807, 2.05) is 31.8 Å². The molecular formula is C13H16N4OS. The molecule has 0 spiro atoms. The number of pyridine rings is 1. The quantitative estimate of drug-likeness (QED) is 0.902. The third kappa shape index (κ3) is 2.37. The normalized spacial score (nSPS) is 22.9. The Hall–Kier alpha value is -1.40. The summed E-state index contributed by atoms with van der Waals surface area (Å²) in [5, 5.41) is 4.04. The minimum absolute atomic E-state index is 0.102. The van der Waals surface area contributed by atoms with Gasteiger partial charge in [0.25, 0.3) is 0 Å². The van der Waals surface area contributed by atoms with Crippen molar-refractivity contribution in [1.82, 2.24) is 15.1 Å². The van der Waals surface area contributed by atoms with Crippen LogP contribution in [0.5, 0.6) is 0 Å². The third-order valence-corrected chi connectivity index (χ3v) is 4.53. The lowest BCUT2D eigenvalue weighted by Gasteiger charge is -2.07. The number of thioether (sulfide) groups is 1. The van der Waals surface area contributed by atoms with Crippen LogP contribution in [0.2, 0.25) is 0 Å². The standard InChI is InChI=1S/C13H16N4OS/c1-7-3-8(2)11(15-4-7)12-16-13(18-17-12)9-5-19-6-10(9)14/h3-4,9-10H,5-6,14H2,1-2H3. The molecule has 6 heteroatoms. The van der Waals surface area contributed by atoms with Gasteiger partial charge in [-0.25, -0.2) is 0 Å². The number of nitrogens with two attached hydrogens (primary N) is 1. The zero-order valence-corrected chi connectivity index (χ0v) is 11.8. The molecule has 3 heterocycles. The second-order valence-corrected chi connectivity index (χ2v) is 6.02. The fourth-order valence-electron chi connectivity index (χ4n) is 2.26. The molecule has 0 amide bonds. The summed E-state index contributed by atoms with van der Waals surface area (Å²) in [4.78, 5) is 8.86. The van der Waals surface area contributed by atoms with Gasteiger partial charge in [-0.05, 0) is 25.0 Å². The monoisotopic (exact) mass is 276 g/mol. The molecule has 0 aliphatic carbocycles. The molecule has 1 aliphatic rings. The van der Waals surface area contributed by atoms with Crippen LogP contribution < -0.4 is 5.73 Å². The molecule has 1 aliphatic heterocycles. The molecular weight excluding hydrogens is 260 g/mol. The van der Waals surface area contributed by atoms with Crippen LogP contribution in [0.4, 0.5) is 0 Å². The first kappa shape index (κ1) is 12.6. The summed E-state index contributed by atoms with van der Waals surface area (Å²) in [6.07, 6.45) is 1.82. The molecule has 1 fully saturated rings. The molecule has 0 bridgehead atoms. The zero-order valence-electron chi connectivity index (χ0n) is 11.0. The van der Waals surface area contributed by atoms with Gasteiger partial charge in [-0.2, -0.15) is 16.7 Å². The smallest absolute Gasteiger partial charge is 0.232 e. The van der Waals surface area contributed by atoms with Crippen molar-refractivity contribution >= 4 is 11.8 Å². The molecule has 2 unspecified atom stereocenters. The van der Waals surface area contributed by atoms with Crippen molar-refractivity contribution in [2.24, 2.45) is 5.73 Å². The number of aryl methyl sites for hydroxylation is 2. The molecule has 2 aromatic rings. The maximum absolute atomic E-state index is 6.04. The number of nitrogens with zero attached hydrogens (tertiary/aromatic N) is 3. The Morgan fingerprint density at radius 2 is 2.21 bits per heavy atom. The maximum atomic E-state index is 6.04. The number of rotatable bonds is 2. The summed E-state index contributed by atoms with van der Waals surface area (Å²) in [6, 6.07) is 2.17. The lowest BCUT2D eigenvalue weighted by molar-refractivity contribution is 0.352. The van der Waals surface area contributed by atoms with Crippen LogP contribution in [0.25, 0.3) is 11.5 Å². The van der Waals surface area contributed by atoms with Crippen LogP contribution in [-0.4, -0.2) is 32.7 Å². The first-order valence-electron chi connectivity index (χ1n) is 6.25. The van der Waals surface area contributed by atoms with Crippen LogP contribution in [0.1, 0.15) is 22.9 Å². The Bertz CT molecular complexity index is 598. The van der Waals surface area contributed by atoms with E-state index in [2.05, 4.69) is 21.2 Å². The molecule has 0 aromatic carbocycles. The summed E-state index contributed by atoms with van der Waals surface area (Å²) >= 11 is 1.83. The van der Waals surface area contributed by atoms with Crippen LogP contribution in [0.3, 0.4) is 0 Å². The van der Waals surface area contributed by atoms with E-state index >= 15 is 0 Å². The van der Waals surface area contributed by atoms with Crippen LogP contribution >= 0.6 is 11.8 Å². The van der Waals surface area contributed by atoms with Gasteiger partial charge < -0.3 is 10.3 Å². The SMILES string of the molecule is Cc1cnc(-c2noc(C3CSCC3N)n2)c(C)c1. The van der Waals surface area contributed by atoms with Gasteiger partial charge in [-0.3, -0.25) is 4.98 Å². The van der Waals surface area contributed by atoms with Gasteiger partial charge in [0.15, 0.2) is 0 Å². The van der Waals surface area contributed by atoms with Crippen LogP contribution in [0, 0.1) is 13.8 Å². The second kappa shape index (κ2) is 4.94. The van der Waals surface area contributed by atoms with Gasteiger partial charge in [0.1, 0.15) is 5.69 Å². The molecule has 2 N–H and O–H groups in total. The topological polar surface area (TPSA) is 77.8 Å². The summed E-state index contributed by atoms with van der Waals surface area (Å²) in [5.41, 5.74) is 9.00. The average molecular weight is 276 g/mol. The van der Waals surface area contributed by atoms with E-state index in [-0.39, 0.29) is 12.0 Å². The molecule has 2 aromatic heterocycles. The minimum Gasteiger partial charge on any atom is -0.339 e. The van der Waals surface area contributed by atoms with E-state index in [0.717, 1.165) is 28.3 Å². The maximum Gasteiger partial charge on any atom is 0.232 e. The van der Waals surface area contributed by atoms with Crippen molar-refractivity contribution in [3.8, 4) is 11.5 Å². The van der Waals surface area contributed by atoms with Gasteiger partial charge >= 0.3 is 0 Å². The largest absolute Gasteiger partial charge is 0.339 e. The first-order valence-corrected chi connectivity index (χ1v) is 7.41. The first-order chi connectivity index (χ1) is 9.15. The molecule has 100 valence electrons. The Morgan fingerprint density at radius 3 is 2.89 bits per heavy atom. The molecule has 0 saturated carbocycles. The second-order valence-electron chi connectivity index (χ2n) is 4.94. The van der Waals surface area contributed by atoms with E-state index < -0.39 is 0 Å². The summed E-state index contributed by atoms with van der Waals surface area (Å²) in [6.45, 7) is 4.02. The van der Waals surface area contributed by atoms with E-state index in [1.54, 1.807) is 0 Å². The Balaban J connectivity index is 1.92. The number of hydrogen-bond acceptors (Lipinski definition) is 6. The van der Waals surface area contributed by atoms with Crippen molar-refractivity contribution in [2.45, 2.75) is 25.8 Å². The Kier molecular flexibility index (Phi) is 3.28. The van der Waals surface area contributed by atoms with Crippen molar-refractivity contribution in [3.63, 3.8) is 0 Å². The summed E-state index contributed by atoms with van der Waals surface area (Å²) < 4.78 is 5.36. The molecule has 19 heavy (non-hydrogen) atoms. The van der Waals surface area contributed by atoms with Crippen LogP contribution in [-0.2, 0) is 0 Å². The molecule has 3 rings (SSSR count). The molecule has 1 saturated heterocycles. The highest BCUT2D eigenvalue weighted by atomic mass is 32.2. The van der Waals surface area contributed by atoms with E-state index in [1.165, 1.54) is 0 Å². The fraction of sp³-hybridized carbons (Fsp3) is 0.462. The lowest BCUT2D eigenvalue weighted by atomic mass is 10.1. The van der Waals surface area contributed by atoms with Crippen molar-refractivity contribution in [1.29, 1.82) is 0 Å². The van der Waals surface area contributed by atoms with E-state index in [9.17, 15) is 0 Å². The minimum atomic E-state index is 0.102. The van der Waals surface area contributed by atoms with Gasteiger partial charge in [0.2, 0.25) is 11.7 Å². The molecule has 5 nitrogen and oxygen atoms in total. The van der Waals surface area contributed by atoms with Crippen molar-refractivity contribution < 1.29 is 4.52 Å². The highest BCUT2D eigenvalue weighted by molar-refractivity contribution is 7.99. The zero-order chi connectivity index (χ0) is 13.4. The predicted octanol–water partition coefficient (Wildman–Crippen LogP) is 1.91. The lowest BCUT2D eigenvalue weighted by Crippen LogP contribution is -2.26. The third-order valence-electron chi connectivity index (χ3n) is 3.31. The molecule has 2 atom stereocenters. The summed E-state index contributed by atoms with van der Waals surface area (Å²) in [7, 11) is 0. The highest BCUT2D eigenvalue weighted by Gasteiger charge is 2.31. The van der Waals surface area contributed by atoms with E-state index in [0.29, 0.717) is 11.7 Å². The Morgan fingerprint density at radius 1 is 1.37 bits per heavy atom. The van der Waals surface area contributed by atoms with Crippen LogP contribution in [0.15, 0.2) is 16.8 Å². The molecule has 0 radical (unpaired) electrons. The van der Waals surface area contributed by atoms with Gasteiger partial charge in [0, 0.05) is 23.7 Å². The van der Waals surface area contributed by atoms with Gasteiger partial charge in [0.05, 0.1) is 5.92 Å². The Labute approximate surface area is 116 Å². The van der Waals surface area contributed by atoms with Gasteiger partial charge in [-0.15, -0.1) is 0 Å². The van der Waals surface area contributed by atoms with Crippen molar-refractivity contribution in [3.05, 3.63) is 29.3 Å². The average Bonchev–Trinajstić information content (AvgIpc) is 2.97. The van der Waals surface area contributed by atoms with E-state index in [4.69, 9.17) is 10.3 Å².